The quantitative estimate of drug-likeness (QED) is 0.746. The third-order valence-electron chi connectivity index (χ3n) is 4.04. The number of likely N-dealkylation sites (tertiary alicyclic amines) is 1. The number of rotatable bonds is 8. The summed E-state index contributed by atoms with van der Waals surface area (Å²) in [6.45, 7) is 4.92. The molecular weight excluding hydrogens is 296 g/mol. The molecule has 1 saturated heterocycles. The molecule has 128 valence electrons. The molecule has 0 radical (unpaired) electrons. The molecular formula is C17H26N2O4. The van der Waals surface area contributed by atoms with E-state index in [-0.39, 0.29) is 18.4 Å². The third kappa shape index (κ3) is 5.73. The van der Waals surface area contributed by atoms with Crippen molar-refractivity contribution in [3.63, 3.8) is 0 Å². The van der Waals surface area contributed by atoms with E-state index in [0.29, 0.717) is 18.9 Å². The van der Waals surface area contributed by atoms with Crippen LogP contribution in [0.1, 0.15) is 19.8 Å². The first-order chi connectivity index (χ1) is 11.1. The van der Waals surface area contributed by atoms with E-state index in [9.17, 15) is 9.90 Å². The third-order valence-corrected chi connectivity index (χ3v) is 4.04. The van der Waals surface area contributed by atoms with Gasteiger partial charge in [-0.25, -0.2) is 0 Å². The molecule has 0 bridgehead atoms. The lowest BCUT2D eigenvalue weighted by Gasteiger charge is -2.31. The van der Waals surface area contributed by atoms with Gasteiger partial charge in [-0.15, -0.1) is 0 Å². The second-order valence-corrected chi connectivity index (χ2v) is 5.85. The molecule has 1 atom stereocenters. The summed E-state index contributed by atoms with van der Waals surface area (Å²) in [6.07, 6.45) is 0.968. The molecule has 2 rings (SSSR count). The average molecular weight is 322 g/mol. The number of nitrogens with two attached hydrogens (primary N) is 1. The first-order valence-corrected chi connectivity index (χ1v) is 8.14. The van der Waals surface area contributed by atoms with Crippen molar-refractivity contribution in [3.8, 4) is 11.5 Å². The van der Waals surface area contributed by atoms with Crippen LogP contribution in [0.3, 0.4) is 0 Å². The lowest BCUT2D eigenvalue weighted by molar-refractivity contribution is -0.123. The van der Waals surface area contributed by atoms with E-state index in [1.165, 1.54) is 0 Å². The van der Waals surface area contributed by atoms with Crippen LogP contribution in [0.25, 0.3) is 0 Å². The average Bonchev–Trinajstić information content (AvgIpc) is 2.55. The summed E-state index contributed by atoms with van der Waals surface area (Å²) >= 11 is 0. The molecule has 0 aliphatic carbocycles. The Bertz CT molecular complexity index is 484. The maximum atomic E-state index is 11.1. The van der Waals surface area contributed by atoms with Crippen molar-refractivity contribution in [2.24, 2.45) is 11.7 Å². The van der Waals surface area contributed by atoms with Gasteiger partial charge in [0.1, 0.15) is 24.2 Å². The molecule has 1 aliphatic rings. The van der Waals surface area contributed by atoms with Crippen molar-refractivity contribution >= 4 is 5.91 Å². The molecule has 6 nitrogen and oxygen atoms in total. The minimum atomic E-state index is -0.563. The van der Waals surface area contributed by atoms with Gasteiger partial charge in [0, 0.05) is 12.5 Å². The number of aliphatic hydroxyl groups excluding tert-OH is 1. The molecule has 1 fully saturated rings. The van der Waals surface area contributed by atoms with Crippen molar-refractivity contribution in [2.45, 2.75) is 25.9 Å². The molecule has 23 heavy (non-hydrogen) atoms. The van der Waals surface area contributed by atoms with Gasteiger partial charge in [-0.1, -0.05) is 0 Å². The Hall–Kier alpha value is -1.79. The van der Waals surface area contributed by atoms with Gasteiger partial charge < -0.3 is 25.2 Å². The van der Waals surface area contributed by atoms with Crippen molar-refractivity contribution in [2.75, 3.05) is 32.8 Å². The zero-order valence-electron chi connectivity index (χ0n) is 13.6. The number of amides is 1. The molecule has 3 N–H and O–H groups in total. The largest absolute Gasteiger partial charge is 0.494 e. The van der Waals surface area contributed by atoms with E-state index in [4.69, 9.17) is 15.2 Å². The zero-order valence-corrected chi connectivity index (χ0v) is 13.6. The highest BCUT2D eigenvalue weighted by Gasteiger charge is 2.24. The molecule has 1 aliphatic heterocycles. The molecule has 1 aromatic carbocycles. The summed E-state index contributed by atoms with van der Waals surface area (Å²) in [4.78, 5) is 13.3. The summed E-state index contributed by atoms with van der Waals surface area (Å²) in [5.74, 6) is 1.27. The SMILES string of the molecule is CCOc1ccc(OCC(O)CN2CCC(C(N)=O)CC2)cc1. The Morgan fingerprint density at radius 3 is 2.35 bits per heavy atom. The van der Waals surface area contributed by atoms with Crippen LogP contribution in [0.5, 0.6) is 11.5 Å². The Balaban J connectivity index is 1.69. The lowest BCUT2D eigenvalue weighted by atomic mass is 9.96. The fourth-order valence-electron chi connectivity index (χ4n) is 2.74. The number of hydrogen-bond acceptors (Lipinski definition) is 5. The van der Waals surface area contributed by atoms with Crippen LogP contribution >= 0.6 is 0 Å². The summed E-state index contributed by atoms with van der Waals surface area (Å²) in [7, 11) is 0. The van der Waals surface area contributed by atoms with E-state index in [1.54, 1.807) is 0 Å². The van der Waals surface area contributed by atoms with Crippen LogP contribution < -0.4 is 15.2 Å². The van der Waals surface area contributed by atoms with Crippen molar-refractivity contribution < 1.29 is 19.4 Å². The summed E-state index contributed by atoms with van der Waals surface area (Å²) in [5, 5.41) is 10.1. The Morgan fingerprint density at radius 2 is 1.83 bits per heavy atom. The van der Waals surface area contributed by atoms with Gasteiger partial charge in [0.25, 0.3) is 0 Å². The van der Waals surface area contributed by atoms with Gasteiger partial charge in [-0.2, -0.15) is 0 Å². The van der Waals surface area contributed by atoms with Crippen molar-refractivity contribution in [1.82, 2.24) is 4.90 Å². The number of aliphatic hydroxyl groups is 1. The fraction of sp³-hybridized carbons (Fsp3) is 0.588. The van der Waals surface area contributed by atoms with Crippen LogP contribution in [-0.4, -0.2) is 54.9 Å². The van der Waals surface area contributed by atoms with Crippen LogP contribution in [0.15, 0.2) is 24.3 Å². The summed E-state index contributed by atoms with van der Waals surface area (Å²) < 4.78 is 11.0. The number of primary amides is 1. The second-order valence-electron chi connectivity index (χ2n) is 5.85. The number of carbonyl (C=O) groups is 1. The predicted octanol–water partition coefficient (Wildman–Crippen LogP) is 1.02. The maximum absolute atomic E-state index is 11.1. The highest BCUT2D eigenvalue weighted by Crippen LogP contribution is 2.19. The van der Waals surface area contributed by atoms with E-state index >= 15 is 0 Å². The number of ether oxygens (including phenoxy) is 2. The van der Waals surface area contributed by atoms with Crippen LogP contribution in [0, 0.1) is 5.92 Å². The van der Waals surface area contributed by atoms with Gasteiger partial charge in [0.05, 0.1) is 6.61 Å². The number of benzene rings is 1. The number of carbonyl (C=O) groups excluding carboxylic acids is 1. The van der Waals surface area contributed by atoms with Crippen LogP contribution in [-0.2, 0) is 4.79 Å². The summed E-state index contributed by atoms with van der Waals surface area (Å²) in [5.41, 5.74) is 5.32. The minimum absolute atomic E-state index is 0.0245. The van der Waals surface area contributed by atoms with Gasteiger partial charge in [0.2, 0.25) is 5.91 Å². The minimum Gasteiger partial charge on any atom is -0.494 e. The first-order valence-electron chi connectivity index (χ1n) is 8.14. The van der Waals surface area contributed by atoms with Gasteiger partial charge in [-0.05, 0) is 57.1 Å². The number of β-amino-alcohol motifs (C(OH)–C–C–N with tert-alkyl or cyclic N) is 1. The Morgan fingerprint density at radius 1 is 1.26 bits per heavy atom. The number of nitrogens with zero attached hydrogens (tertiary/aromatic N) is 1. The van der Waals surface area contributed by atoms with E-state index < -0.39 is 6.10 Å². The predicted molar refractivity (Wildman–Crippen MR) is 87.5 cm³/mol. The molecule has 6 heteroatoms. The van der Waals surface area contributed by atoms with Gasteiger partial charge in [0.15, 0.2) is 0 Å². The molecule has 1 amide bonds. The van der Waals surface area contributed by atoms with E-state index in [2.05, 4.69) is 4.90 Å². The van der Waals surface area contributed by atoms with Gasteiger partial charge in [-0.3, -0.25) is 4.79 Å². The molecule has 0 saturated carbocycles. The van der Waals surface area contributed by atoms with Crippen molar-refractivity contribution in [3.05, 3.63) is 24.3 Å². The molecule has 0 aromatic heterocycles. The molecule has 1 heterocycles. The molecule has 1 aromatic rings. The highest BCUT2D eigenvalue weighted by molar-refractivity contribution is 5.76. The monoisotopic (exact) mass is 322 g/mol. The summed E-state index contributed by atoms with van der Waals surface area (Å²) in [6, 6.07) is 7.35. The number of hydrogen-bond donors (Lipinski definition) is 2. The van der Waals surface area contributed by atoms with Crippen molar-refractivity contribution in [1.29, 1.82) is 0 Å². The normalized spacial score (nSPS) is 17.7. The Kier molecular flexibility index (Phi) is 6.67. The number of piperidine rings is 1. The molecule has 0 spiro atoms. The fourth-order valence-corrected chi connectivity index (χ4v) is 2.74. The van der Waals surface area contributed by atoms with E-state index in [1.807, 2.05) is 31.2 Å². The standard InChI is InChI=1S/C17H26N2O4/c1-2-22-15-3-5-16(6-4-15)23-12-14(20)11-19-9-7-13(8-10-19)17(18)21/h3-6,13-14,20H,2,7-12H2,1H3,(H2,18,21). The zero-order chi connectivity index (χ0) is 16.7. The smallest absolute Gasteiger partial charge is 0.220 e. The second kappa shape index (κ2) is 8.74. The maximum Gasteiger partial charge on any atom is 0.220 e. The Labute approximate surface area is 137 Å². The van der Waals surface area contributed by atoms with Crippen LogP contribution in [0.4, 0.5) is 0 Å². The lowest BCUT2D eigenvalue weighted by Crippen LogP contribution is -2.43. The highest BCUT2D eigenvalue weighted by atomic mass is 16.5. The topological polar surface area (TPSA) is 85.0 Å². The van der Waals surface area contributed by atoms with Gasteiger partial charge >= 0.3 is 0 Å². The van der Waals surface area contributed by atoms with Crippen LogP contribution in [0.2, 0.25) is 0 Å². The molecule has 1 unspecified atom stereocenters. The first kappa shape index (κ1) is 17.6. The van der Waals surface area contributed by atoms with E-state index in [0.717, 1.165) is 31.7 Å².